The summed E-state index contributed by atoms with van der Waals surface area (Å²) in [4.78, 5) is 23.1. The Bertz CT molecular complexity index is 598. The molecule has 0 fully saturated rings. The molecule has 0 aliphatic heterocycles. The van der Waals surface area contributed by atoms with Crippen molar-refractivity contribution in [2.24, 2.45) is 0 Å². The van der Waals surface area contributed by atoms with Gasteiger partial charge in [0.1, 0.15) is 5.56 Å². The lowest BCUT2D eigenvalue weighted by Gasteiger charge is -2.00. The van der Waals surface area contributed by atoms with Crippen molar-refractivity contribution in [3.05, 3.63) is 51.4 Å². The van der Waals surface area contributed by atoms with Gasteiger partial charge >= 0.3 is 5.97 Å². The normalized spacial score (nSPS) is 10.2. The first kappa shape index (κ1) is 11.5. The van der Waals surface area contributed by atoms with Crippen molar-refractivity contribution in [1.29, 1.82) is 0 Å². The number of aromatic amines is 1. The van der Waals surface area contributed by atoms with Crippen LogP contribution in [-0.2, 0) is 4.74 Å². The van der Waals surface area contributed by atoms with E-state index in [1.165, 1.54) is 18.0 Å². The standard InChI is InChI=1S/C11H9ClN2O3/c1-17-11(16)9-6-13-14(10(9)15)8-4-2-7(12)3-5-8/h2-6,13H,1H3. The van der Waals surface area contributed by atoms with Crippen LogP contribution in [0.25, 0.3) is 5.69 Å². The third-order valence-corrected chi connectivity index (χ3v) is 2.51. The van der Waals surface area contributed by atoms with Gasteiger partial charge in [0.15, 0.2) is 0 Å². The lowest BCUT2D eigenvalue weighted by molar-refractivity contribution is 0.0599. The molecule has 0 radical (unpaired) electrons. The molecule has 2 rings (SSSR count). The molecule has 5 nitrogen and oxygen atoms in total. The van der Waals surface area contributed by atoms with Gasteiger partial charge in [0, 0.05) is 11.2 Å². The lowest BCUT2D eigenvalue weighted by atomic mass is 10.3. The van der Waals surface area contributed by atoms with Crippen LogP contribution < -0.4 is 5.56 Å². The second-order valence-electron chi connectivity index (χ2n) is 3.30. The molecule has 1 N–H and O–H groups in total. The van der Waals surface area contributed by atoms with Crippen molar-refractivity contribution >= 4 is 17.6 Å². The number of H-pyrrole nitrogens is 1. The average molecular weight is 253 g/mol. The number of nitrogens with one attached hydrogen (secondary N) is 1. The van der Waals surface area contributed by atoms with E-state index in [9.17, 15) is 9.59 Å². The van der Waals surface area contributed by atoms with E-state index < -0.39 is 11.5 Å². The molecule has 1 aromatic carbocycles. The number of methoxy groups -OCH3 is 1. The van der Waals surface area contributed by atoms with E-state index >= 15 is 0 Å². The fourth-order valence-corrected chi connectivity index (χ4v) is 1.53. The van der Waals surface area contributed by atoms with Gasteiger partial charge in [-0.1, -0.05) is 11.6 Å². The van der Waals surface area contributed by atoms with Crippen LogP contribution in [0, 0.1) is 0 Å². The number of nitrogens with zero attached hydrogens (tertiary/aromatic N) is 1. The SMILES string of the molecule is COC(=O)c1c[nH]n(-c2ccc(Cl)cc2)c1=O. The van der Waals surface area contributed by atoms with Crippen LogP contribution in [0.5, 0.6) is 0 Å². The monoisotopic (exact) mass is 252 g/mol. The summed E-state index contributed by atoms with van der Waals surface area (Å²) in [5.74, 6) is -0.668. The first-order valence-electron chi connectivity index (χ1n) is 4.78. The van der Waals surface area contributed by atoms with Crippen LogP contribution in [0.1, 0.15) is 10.4 Å². The molecule has 0 atom stereocenters. The summed E-state index contributed by atoms with van der Waals surface area (Å²) < 4.78 is 5.73. The highest BCUT2D eigenvalue weighted by Crippen LogP contribution is 2.11. The average Bonchev–Trinajstić information content (AvgIpc) is 2.71. The summed E-state index contributed by atoms with van der Waals surface area (Å²) in [6.07, 6.45) is 1.31. The molecular weight excluding hydrogens is 244 g/mol. The van der Waals surface area contributed by atoms with E-state index in [0.717, 1.165) is 0 Å². The Balaban J connectivity index is 2.48. The predicted octanol–water partition coefficient (Wildman–Crippen LogP) is 1.61. The largest absolute Gasteiger partial charge is 0.465 e. The van der Waals surface area contributed by atoms with Crippen molar-refractivity contribution in [2.75, 3.05) is 7.11 Å². The molecule has 0 aliphatic rings. The van der Waals surface area contributed by atoms with Crippen LogP contribution in [0.2, 0.25) is 5.02 Å². The van der Waals surface area contributed by atoms with Gasteiger partial charge in [0.2, 0.25) is 0 Å². The Morgan fingerprint density at radius 2 is 2.00 bits per heavy atom. The van der Waals surface area contributed by atoms with E-state index in [1.54, 1.807) is 24.3 Å². The summed E-state index contributed by atoms with van der Waals surface area (Å²) >= 11 is 5.75. The van der Waals surface area contributed by atoms with E-state index in [4.69, 9.17) is 11.6 Å². The Morgan fingerprint density at radius 1 is 1.35 bits per heavy atom. The smallest absolute Gasteiger partial charge is 0.345 e. The lowest BCUT2D eigenvalue weighted by Crippen LogP contribution is -2.20. The summed E-state index contributed by atoms with van der Waals surface area (Å²) in [5.41, 5.74) is 0.0937. The van der Waals surface area contributed by atoms with Gasteiger partial charge in [-0.2, -0.15) is 0 Å². The number of hydrogen-bond acceptors (Lipinski definition) is 3. The Kier molecular flexibility index (Phi) is 3.01. The summed E-state index contributed by atoms with van der Waals surface area (Å²) in [6, 6.07) is 6.65. The van der Waals surface area contributed by atoms with Gasteiger partial charge in [-0.25, -0.2) is 9.48 Å². The highest BCUT2D eigenvalue weighted by molar-refractivity contribution is 6.30. The minimum absolute atomic E-state index is 0.0394. The molecule has 6 heteroatoms. The summed E-state index contributed by atoms with van der Waals surface area (Å²) in [5, 5.41) is 3.26. The molecule has 0 saturated carbocycles. The highest BCUT2D eigenvalue weighted by atomic mass is 35.5. The quantitative estimate of drug-likeness (QED) is 0.826. The van der Waals surface area contributed by atoms with Gasteiger partial charge in [-0.05, 0) is 24.3 Å². The Morgan fingerprint density at radius 3 is 2.59 bits per heavy atom. The number of ether oxygens (including phenoxy) is 1. The molecule has 1 aromatic heterocycles. The van der Waals surface area contributed by atoms with Crippen molar-refractivity contribution in [1.82, 2.24) is 9.78 Å². The van der Waals surface area contributed by atoms with Gasteiger partial charge < -0.3 is 4.74 Å². The summed E-state index contributed by atoms with van der Waals surface area (Å²) in [6.45, 7) is 0. The Hall–Kier alpha value is -2.01. The van der Waals surface area contributed by atoms with Crippen molar-refractivity contribution in [3.63, 3.8) is 0 Å². The van der Waals surface area contributed by atoms with Crippen molar-refractivity contribution in [3.8, 4) is 5.69 Å². The fourth-order valence-electron chi connectivity index (χ4n) is 1.41. The number of benzene rings is 1. The minimum Gasteiger partial charge on any atom is -0.465 e. The molecule has 88 valence electrons. The van der Waals surface area contributed by atoms with Crippen LogP contribution in [0.3, 0.4) is 0 Å². The number of aromatic nitrogens is 2. The number of halogens is 1. The van der Waals surface area contributed by atoms with Gasteiger partial charge in [0.05, 0.1) is 12.8 Å². The zero-order chi connectivity index (χ0) is 12.4. The number of esters is 1. The predicted molar refractivity (Wildman–Crippen MR) is 62.7 cm³/mol. The minimum atomic E-state index is -0.668. The van der Waals surface area contributed by atoms with Crippen molar-refractivity contribution < 1.29 is 9.53 Å². The molecule has 0 bridgehead atoms. The number of carbonyl (C=O) groups is 1. The third-order valence-electron chi connectivity index (χ3n) is 2.26. The topological polar surface area (TPSA) is 64.1 Å². The Labute approximate surface area is 102 Å². The molecule has 1 heterocycles. The van der Waals surface area contributed by atoms with Crippen LogP contribution in [-0.4, -0.2) is 22.9 Å². The number of hydrogen-bond donors (Lipinski definition) is 1. The second-order valence-corrected chi connectivity index (χ2v) is 3.73. The second kappa shape index (κ2) is 4.47. The van der Waals surface area contributed by atoms with Gasteiger partial charge in [0.25, 0.3) is 5.56 Å². The maximum absolute atomic E-state index is 11.9. The maximum Gasteiger partial charge on any atom is 0.345 e. The van der Waals surface area contributed by atoms with Gasteiger partial charge in [-0.3, -0.25) is 9.89 Å². The number of rotatable bonds is 2. The fraction of sp³-hybridized carbons (Fsp3) is 0.0909. The van der Waals surface area contributed by atoms with Gasteiger partial charge in [-0.15, -0.1) is 0 Å². The van der Waals surface area contributed by atoms with E-state index in [-0.39, 0.29) is 5.56 Å². The zero-order valence-electron chi connectivity index (χ0n) is 8.94. The molecule has 0 aliphatic carbocycles. The first-order chi connectivity index (χ1) is 8.13. The van der Waals surface area contributed by atoms with Crippen LogP contribution in [0.15, 0.2) is 35.3 Å². The van der Waals surface area contributed by atoms with E-state index in [2.05, 4.69) is 9.84 Å². The highest BCUT2D eigenvalue weighted by Gasteiger charge is 2.15. The van der Waals surface area contributed by atoms with E-state index in [1.807, 2.05) is 0 Å². The van der Waals surface area contributed by atoms with Crippen LogP contribution >= 0.6 is 11.6 Å². The van der Waals surface area contributed by atoms with Crippen molar-refractivity contribution in [2.45, 2.75) is 0 Å². The molecule has 0 spiro atoms. The van der Waals surface area contributed by atoms with Crippen LogP contribution in [0.4, 0.5) is 0 Å². The zero-order valence-corrected chi connectivity index (χ0v) is 9.69. The molecule has 0 unspecified atom stereocenters. The molecule has 0 amide bonds. The molecule has 0 saturated heterocycles. The maximum atomic E-state index is 11.9. The van der Waals surface area contributed by atoms with E-state index in [0.29, 0.717) is 10.7 Å². The molecule has 17 heavy (non-hydrogen) atoms. The third kappa shape index (κ3) is 2.09. The molecule has 2 aromatic rings. The summed E-state index contributed by atoms with van der Waals surface area (Å²) in [7, 11) is 1.22. The molecular formula is C11H9ClN2O3. The number of carbonyl (C=O) groups excluding carboxylic acids is 1. The first-order valence-corrected chi connectivity index (χ1v) is 5.16.